The summed E-state index contributed by atoms with van der Waals surface area (Å²) in [6, 6.07) is 0. The van der Waals surface area contributed by atoms with Crippen molar-refractivity contribution in [1.82, 2.24) is 0 Å². The van der Waals surface area contributed by atoms with Crippen molar-refractivity contribution < 1.29 is 9.90 Å². The van der Waals surface area contributed by atoms with Crippen LogP contribution in [0.25, 0.3) is 0 Å². The van der Waals surface area contributed by atoms with Crippen LogP contribution in [-0.4, -0.2) is 11.1 Å². The molecule has 2 heteroatoms. The fourth-order valence-corrected chi connectivity index (χ4v) is 12.1. The normalized spacial score (nSPS) is 53.7. The number of carbonyl (C=O) groups is 1. The predicted molar refractivity (Wildman–Crippen MR) is 140 cm³/mol. The second-order valence-corrected chi connectivity index (χ2v) is 15.5. The minimum absolute atomic E-state index is 0.117. The Morgan fingerprint density at radius 3 is 2.18 bits per heavy atom. The second kappa shape index (κ2) is 7.61. The van der Waals surface area contributed by atoms with Crippen molar-refractivity contribution in [3.8, 4) is 0 Å². The van der Waals surface area contributed by atoms with Crippen molar-refractivity contribution in [2.45, 2.75) is 119 Å². The molecule has 0 saturated heterocycles. The van der Waals surface area contributed by atoms with Crippen molar-refractivity contribution in [2.24, 2.45) is 62.6 Å². The lowest BCUT2D eigenvalue weighted by Crippen LogP contribution is -2.66. The molecule has 0 spiro atoms. The number of aliphatic carboxylic acids is 1. The van der Waals surface area contributed by atoms with Gasteiger partial charge in [-0.25, -0.2) is 0 Å². The maximum atomic E-state index is 11.7. The Bertz CT molecular complexity index is 872. The molecule has 5 saturated carbocycles. The second-order valence-electron chi connectivity index (χ2n) is 15.5. The van der Waals surface area contributed by atoms with Crippen LogP contribution < -0.4 is 0 Å². The fourth-order valence-electron chi connectivity index (χ4n) is 12.1. The number of allylic oxidation sites excluding steroid dienone is 1. The Balaban J connectivity index is 1.50. The maximum absolute atomic E-state index is 11.7. The van der Waals surface area contributed by atoms with Gasteiger partial charge in [-0.3, -0.25) is 4.79 Å². The molecule has 0 bridgehead atoms. The molecule has 192 valence electrons. The highest BCUT2D eigenvalue weighted by Gasteiger charge is 2.70. The van der Waals surface area contributed by atoms with Gasteiger partial charge in [0.25, 0.3) is 0 Å². The van der Waals surface area contributed by atoms with Crippen molar-refractivity contribution in [1.29, 1.82) is 0 Å². The zero-order valence-electron chi connectivity index (χ0n) is 23.3. The first-order valence-corrected chi connectivity index (χ1v) is 14.6. The Morgan fingerprint density at radius 2 is 1.53 bits per heavy atom. The van der Waals surface area contributed by atoms with E-state index in [1.54, 1.807) is 0 Å². The van der Waals surface area contributed by atoms with Crippen LogP contribution in [0.15, 0.2) is 12.2 Å². The van der Waals surface area contributed by atoms with Crippen molar-refractivity contribution in [3.63, 3.8) is 0 Å². The van der Waals surface area contributed by atoms with Gasteiger partial charge in [0, 0.05) is 6.42 Å². The Kier molecular flexibility index (Phi) is 5.57. The van der Waals surface area contributed by atoms with Gasteiger partial charge in [0.05, 0.1) is 0 Å². The van der Waals surface area contributed by atoms with Crippen molar-refractivity contribution >= 4 is 5.97 Å². The molecule has 5 fully saturated rings. The van der Waals surface area contributed by atoms with Gasteiger partial charge >= 0.3 is 5.97 Å². The number of rotatable bonds is 3. The first kappa shape index (κ1) is 24.9. The van der Waals surface area contributed by atoms with E-state index >= 15 is 0 Å². The Labute approximate surface area is 209 Å². The summed E-state index contributed by atoms with van der Waals surface area (Å²) in [7, 11) is 0. The zero-order chi connectivity index (χ0) is 24.9. The third kappa shape index (κ3) is 3.08. The zero-order valence-corrected chi connectivity index (χ0v) is 23.3. The quantitative estimate of drug-likeness (QED) is 0.420. The van der Waals surface area contributed by atoms with E-state index in [9.17, 15) is 9.90 Å². The molecule has 5 aliphatic carbocycles. The highest BCUT2D eigenvalue weighted by molar-refractivity contribution is 5.67. The van der Waals surface area contributed by atoms with Crippen LogP contribution in [0.5, 0.6) is 0 Å². The summed E-state index contributed by atoms with van der Waals surface area (Å²) in [6.45, 7) is 22.3. The Morgan fingerprint density at radius 1 is 0.824 bits per heavy atom. The van der Waals surface area contributed by atoms with Gasteiger partial charge in [-0.1, -0.05) is 53.7 Å². The highest BCUT2D eigenvalue weighted by Crippen LogP contribution is 2.77. The lowest BCUT2D eigenvalue weighted by molar-refractivity contribution is -0.241. The van der Waals surface area contributed by atoms with Gasteiger partial charge in [0.15, 0.2) is 0 Å². The summed E-state index contributed by atoms with van der Waals surface area (Å²) >= 11 is 0. The van der Waals surface area contributed by atoms with Crippen molar-refractivity contribution in [3.05, 3.63) is 12.2 Å². The molecule has 5 rings (SSSR count). The minimum atomic E-state index is -0.607. The van der Waals surface area contributed by atoms with Crippen LogP contribution in [0.2, 0.25) is 0 Å². The van der Waals surface area contributed by atoms with Gasteiger partial charge in [-0.15, -0.1) is 0 Å². The Hall–Kier alpha value is -0.790. The lowest BCUT2D eigenvalue weighted by atomic mass is 9.32. The summed E-state index contributed by atoms with van der Waals surface area (Å²) in [5, 5.41) is 9.60. The number of carboxylic acid groups (broad SMARTS) is 1. The van der Waals surface area contributed by atoms with E-state index in [2.05, 4.69) is 55.0 Å². The predicted octanol–water partition coefficient (Wildman–Crippen LogP) is 8.75. The number of carboxylic acids is 1. The largest absolute Gasteiger partial charge is 0.481 e. The van der Waals surface area contributed by atoms with Crippen LogP contribution in [-0.2, 0) is 4.79 Å². The molecule has 0 aromatic rings. The smallest absolute Gasteiger partial charge is 0.303 e. The average Bonchev–Trinajstić information content (AvgIpc) is 3.08. The van der Waals surface area contributed by atoms with Gasteiger partial charge in [0.2, 0.25) is 0 Å². The topological polar surface area (TPSA) is 37.3 Å². The average molecular weight is 469 g/mol. The third-order valence-corrected chi connectivity index (χ3v) is 14.2. The minimum Gasteiger partial charge on any atom is -0.481 e. The van der Waals surface area contributed by atoms with E-state index in [1.807, 2.05) is 0 Å². The molecule has 0 heterocycles. The summed E-state index contributed by atoms with van der Waals surface area (Å²) < 4.78 is 0. The monoisotopic (exact) mass is 468 g/mol. The van der Waals surface area contributed by atoms with Crippen LogP contribution >= 0.6 is 0 Å². The lowest BCUT2D eigenvalue weighted by Gasteiger charge is -2.73. The molecule has 2 nitrogen and oxygen atoms in total. The van der Waals surface area contributed by atoms with E-state index in [0.29, 0.717) is 39.9 Å². The molecule has 10 unspecified atom stereocenters. The highest BCUT2D eigenvalue weighted by atomic mass is 16.4. The molecule has 1 N–H and O–H groups in total. The summed E-state index contributed by atoms with van der Waals surface area (Å²) in [5.74, 6) is 3.54. The molecule has 0 aliphatic heterocycles. The molecular formula is C32H52O2. The molecule has 34 heavy (non-hydrogen) atoms. The maximum Gasteiger partial charge on any atom is 0.303 e. The fraction of sp³-hybridized carbons (Fsp3) is 0.906. The van der Waals surface area contributed by atoms with E-state index in [4.69, 9.17) is 0 Å². The standard InChI is InChI=1S/C32H52O2/c1-20(2)22-12-14-29(5)17-18-31(7)23(27(22)29)9-10-25-30(6)15-11-21(19-26(33)34)28(3,4)24(30)13-16-32(25,31)8/h21-25,27H,1,9-19H2,2-8H3,(H,33,34). The first-order valence-electron chi connectivity index (χ1n) is 14.6. The van der Waals surface area contributed by atoms with Crippen LogP contribution in [0.4, 0.5) is 0 Å². The van der Waals surface area contributed by atoms with Gasteiger partial charge < -0.3 is 5.11 Å². The molecule has 0 radical (unpaired) electrons. The van der Waals surface area contributed by atoms with E-state index in [0.717, 1.165) is 30.1 Å². The third-order valence-electron chi connectivity index (χ3n) is 14.2. The van der Waals surface area contributed by atoms with Crippen LogP contribution in [0.1, 0.15) is 119 Å². The molecule has 0 aromatic heterocycles. The van der Waals surface area contributed by atoms with Gasteiger partial charge in [-0.05, 0) is 134 Å². The number of hydrogen-bond acceptors (Lipinski definition) is 1. The summed E-state index contributed by atoms with van der Waals surface area (Å²) in [5.41, 5.74) is 3.26. The summed E-state index contributed by atoms with van der Waals surface area (Å²) in [4.78, 5) is 11.7. The molecule has 5 aliphatic rings. The van der Waals surface area contributed by atoms with E-state index in [1.165, 1.54) is 63.4 Å². The molecule has 0 amide bonds. The SMILES string of the molecule is C=C(C)C1CCC2(C)CCC3(C)C(CCC4C5(C)CCC(CC(=O)O)C(C)(C)C5CCC43C)C12. The van der Waals surface area contributed by atoms with Gasteiger partial charge in [-0.2, -0.15) is 0 Å². The van der Waals surface area contributed by atoms with Crippen LogP contribution in [0.3, 0.4) is 0 Å². The van der Waals surface area contributed by atoms with Crippen molar-refractivity contribution in [2.75, 3.05) is 0 Å². The number of fused-ring (bicyclic) bond motifs is 7. The molecule has 10 atom stereocenters. The van der Waals surface area contributed by atoms with E-state index < -0.39 is 5.97 Å². The molecule has 0 aromatic carbocycles. The van der Waals surface area contributed by atoms with Gasteiger partial charge in [0.1, 0.15) is 0 Å². The number of hydrogen-bond donors (Lipinski definition) is 1. The van der Waals surface area contributed by atoms with Crippen LogP contribution in [0, 0.1) is 62.6 Å². The molecular weight excluding hydrogens is 416 g/mol. The summed E-state index contributed by atoms with van der Waals surface area (Å²) in [6.07, 6.45) is 13.7. The first-order chi connectivity index (χ1) is 15.7. The van der Waals surface area contributed by atoms with E-state index in [-0.39, 0.29) is 5.41 Å².